The first-order chi connectivity index (χ1) is 11.9. The number of allylic oxidation sites excluding steroid dienone is 1. The minimum Gasteiger partial charge on any atom is -0.372 e. The highest BCUT2D eigenvalue weighted by Gasteiger charge is 2.21. The van der Waals surface area contributed by atoms with Gasteiger partial charge in [-0.05, 0) is 32.0 Å². The molecule has 5 nitrogen and oxygen atoms in total. The third kappa shape index (κ3) is 4.01. The smallest absolute Gasteiger partial charge is 0.348 e. The Kier molecular flexibility index (Phi) is 6.19. The third-order valence-electron chi connectivity index (χ3n) is 3.71. The van der Waals surface area contributed by atoms with Gasteiger partial charge in [0, 0.05) is 29.2 Å². The van der Waals surface area contributed by atoms with Crippen LogP contribution in [0, 0.1) is 0 Å². The number of aromatic amines is 1. The molecule has 0 spiro atoms. The Bertz CT molecular complexity index is 824. The lowest BCUT2D eigenvalue weighted by Crippen LogP contribution is -2.23. The minimum absolute atomic E-state index is 0.101. The molecular weight excluding hydrogens is 346 g/mol. The van der Waals surface area contributed by atoms with Gasteiger partial charge in [-0.15, -0.1) is 5.10 Å². The summed E-state index contributed by atoms with van der Waals surface area (Å²) < 4.78 is 28.4. The monoisotopic (exact) mass is 366 g/mol. The summed E-state index contributed by atoms with van der Waals surface area (Å²) in [5.41, 5.74) is -0.0230. The van der Waals surface area contributed by atoms with Crippen LogP contribution in [0.3, 0.4) is 0 Å². The fourth-order valence-corrected chi connectivity index (χ4v) is 3.11. The molecular formula is C17H20F2N4OS. The molecule has 1 heterocycles. The van der Waals surface area contributed by atoms with Crippen LogP contribution in [-0.2, 0) is 0 Å². The van der Waals surface area contributed by atoms with Crippen LogP contribution in [0.1, 0.15) is 25.8 Å². The van der Waals surface area contributed by atoms with Gasteiger partial charge in [-0.2, -0.15) is 0 Å². The van der Waals surface area contributed by atoms with Gasteiger partial charge >= 0.3 is 5.69 Å². The van der Waals surface area contributed by atoms with E-state index in [-0.39, 0.29) is 16.4 Å². The molecule has 0 aliphatic heterocycles. The highest BCUT2D eigenvalue weighted by molar-refractivity contribution is 8.03. The lowest BCUT2D eigenvalue weighted by molar-refractivity contribution is 0.151. The van der Waals surface area contributed by atoms with E-state index >= 15 is 0 Å². The number of thioether (sulfide) groups is 1. The second-order valence-electron chi connectivity index (χ2n) is 5.14. The summed E-state index contributed by atoms with van der Waals surface area (Å²) >= 11 is 1.08. The van der Waals surface area contributed by atoms with Crippen molar-refractivity contribution in [1.29, 1.82) is 0 Å². The molecule has 0 radical (unpaired) electrons. The van der Waals surface area contributed by atoms with Gasteiger partial charge in [0.2, 0.25) is 5.16 Å². The van der Waals surface area contributed by atoms with Gasteiger partial charge in [0.05, 0.1) is 5.69 Å². The second kappa shape index (κ2) is 8.15. The summed E-state index contributed by atoms with van der Waals surface area (Å²) in [5, 5.41) is 6.42. The number of anilines is 1. The molecule has 0 aliphatic carbocycles. The predicted octanol–water partition coefficient (Wildman–Crippen LogP) is 4.14. The number of H-pyrrole nitrogens is 1. The molecule has 0 unspecified atom stereocenters. The average molecular weight is 366 g/mol. The molecule has 0 aliphatic rings. The molecule has 0 bridgehead atoms. The normalized spacial score (nSPS) is 10.9. The Labute approximate surface area is 149 Å². The Morgan fingerprint density at radius 3 is 2.68 bits per heavy atom. The van der Waals surface area contributed by atoms with Crippen LogP contribution in [0.25, 0.3) is 5.69 Å². The predicted molar refractivity (Wildman–Crippen MR) is 97.9 cm³/mol. The fourth-order valence-electron chi connectivity index (χ4n) is 2.43. The zero-order valence-corrected chi connectivity index (χ0v) is 14.9. The van der Waals surface area contributed by atoms with Crippen molar-refractivity contribution in [2.45, 2.75) is 25.4 Å². The van der Waals surface area contributed by atoms with E-state index in [0.29, 0.717) is 23.7 Å². The van der Waals surface area contributed by atoms with Gasteiger partial charge in [0.1, 0.15) is 0 Å². The molecule has 8 heteroatoms. The lowest BCUT2D eigenvalue weighted by Gasteiger charge is -2.23. The Morgan fingerprint density at radius 1 is 1.44 bits per heavy atom. The van der Waals surface area contributed by atoms with Crippen molar-refractivity contribution in [1.82, 2.24) is 14.8 Å². The average Bonchev–Trinajstić information content (AvgIpc) is 2.96. The van der Waals surface area contributed by atoms with E-state index in [1.165, 1.54) is 18.2 Å². The second-order valence-corrected chi connectivity index (χ2v) is 6.23. The van der Waals surface area contributed by atoms with Crippen molar-refractivity contribution in [2.24, 2.45) is 0 Å². The third-order valence-corrected chi connectivity index (χ3v) is 4.59. The maximum Gasteiger partial charge on any atom is 0.348 e. The van der Waals surface area contributed by atoms with Crippen LogP contribution in [0.4, 0.5) is 14.5 Å². The summed E-state index contributed by atoms with van der Waals surface area (Å²) in [6.45, 7) is 12.6. The van der Waals surface area contributed by atoms with Crippen LogP contribution in [0.2, 0.25) is 0 Å². The zero-order chi connectivity index (χ0) is 18.6. The summed E-state index contributed by atoms with van der Waals surface area (Å²) in [6.07, 6.45) is -1.22. The number of hydrogen-bond donors (Lipinski definition) is 1. The van der Waals surface area contributed by atoms with Crippen molar-refractivity contribution in [3.05, 3.63) is 58.4 Å². The van der Waals surface area contributed by atoms with E-state index in [1.54, 1.807) is 6.07 Å². The quantitative estimate of drug-likeness (QED) is 0.564. The summed E-state index contributed by atoms with van der Waals surface area (Å²) in [4.78, 5) is 14.7. The first-order valence-corrected chi connectivity index (χ1v) is 8.58. The Balaban J connectivity index is 2.60. The molecule has 0 fully saturated rings. The first kappa shape index (κ1) is 19.0. The van der Waals surface area contributed by atoms with Gasteiger partial charge < -0.3 is 4.90 Å². The van der Waals surface area contributed by atoms with E-state index in [1.807, 2.05) is 18.7 Å². The molecule has 0 amide bonds. The maximum absolute atomic E-state index is 13.7. The van der Waals surface area contributed by atoms with Gasteiger partial charge in [-0.1, -0.05) is 31.0 Å². The van der Waals surface area contributed by atoms with Crippen molar-refractivity contribution < 1.29 is 8.78 Å². The van der Waals surface area contributed by atoms with Crippen LogP contribution in [0.15, 0.2) is 52.3 Å². The number of halogens is 2. The van der Waals surface area contributed by atoms with Crippen molar-refractivity contribution in [3.8, 4) is 5.69 Å². The number of aromatic nitrogens is 3. The number of benzene rings is 1. The number of alkyl halides is 2. The van der Waals surface area contributed by atoms with Crippen LogP contribution in [0.5, 0.6) is 0 Å². The Hall–Kier alpha value is -2.35. The van der Waals surface area contributed by atoms with Crippen molar-refractivity contribution in [2.75, 3.05) is 18.0 Å². The molecule has 2 rings (SSSR count). The first-order valence-electron chi connectivity index (χ1n) is 7.76. The highest BCUT2D eigenvalue weighted by atomic mass is 32.2. The van der Waals surface area contributed by atoms with E-state index in [9.17, 15) is 13.6 Å². The fraction of sp³-hybridized carbons (Fsp3) is 0.294. The largest absolute Gasteiger partial charge is 0.372 e. The zero-order valence-electron chi connectivity index (χ0n) is 14.1. The SMILES string of the molecule is C=CC(=C)Sc1n[nH]c(=O)n1-c1ccc(N(CC)CC)cc1C(F)F. The van der Waals surface area contributed by atoms with Gasteiger partial charge in [-0.25, -0.2) is 23.2 Å². The molecule has 1 N–H and O–H groups in total. The molecule has 134 valence electrons. The van der Waals surface area contributed by atoms with Crippen LogP contribution < -0.4 is 10.6 Å². The highest BCUT2D eigenvalue weighted by Crippen LogP contribution is 2.32. The van der Waals surface area contributed by atoms with Crippen LogP contribution in [-0.4, -0.2) is 27.9 Å². The maximum atomic E-state index is 13.7. The lowest BCUT2D eigenvalue weighted by atomic mass is 10.1. The molecule has 0 saturated heterocycles. The van der Waals surface area contributed by atoms with Crippen molar-refractivity contribution >= 4 is 17.4 Å². The topological polar surface area (TPSA) is 53.9 Å². The summed E-state index contributed by atoms with van der Waals surface area (Å²) in [7, 11) is 0. The van der Waals surface area contributed by atoms with E-state index in [4.69, 9.17) is 0 Å². The standard InChI is InChI=1S/C17H20F2N4OS/c1-5-11(4)25-17-21-20-16(24)23(17)14-9-8-12(22(6-2)7-3)10-13(14)15(18)19/h5,8-10,15H,1,4,6-7H2,2-3H3,(H,20,24). The van der Waals surface area contributed by atoms with Gasteiger partial charge in [0.15, 0.2) is 0 Å². The summed E-state index contributed by atoms with van der Waals surface area (Å²) in [5.74, 6) is 0. The van der Waals surface area contributed by atoms with Gasteiger partial charge in [-0.3, -0.25) is 0 Å². The van der Waals surface area contributed by atoms with Crippen molar-refractivity contribution in [3.63, 3.8) is 0 Å². The molecule has 0 saturated carbocycles. The number of rotatable bonds is 8. The molecule has 1 aromatic heterocycles. The van der Waals surface area contributed by atoms with E-state index in [2.05, 4.69) is 23.4 Å². The van der Waals surface area contributed by atoms with Crippen LogP contribution >= 0.6 is 11.8 Å². The number of nitrogens with one attached hydrogen (secondary N) is 1. The van der Waals surface area contributed by atoms with E-state index < -0.39 is 12.1 Å². The number of hydrogen-bond acceptors (Lipinski definition) is 4. The molecule has 0 atom stereocenters. The minimum atomic E-state index is -2.73. The van der Waals surface area contributed by atoms with Gasteiger partial charge in [0.25, 0.3) is 6.43 Å². The van der Waals surface area contributed by atoms with E-state index in [0.717, 1.165) is 16.3 Å². The number of nitrogens with zero attached hydrogens (tertiary/aromatic N) is 3. The summed E-state index contributed by atoms with van der Waals surface area (Å²) in [6, 6.07) is 4.67. The Morgan fingerprint density at radius 2 is 2.12 bits per heavy atom. The molecule has 2 aromatic rings. The molecule has 25 heavy (non-hydrogen) atoms. The molecule has 1 aromatic carbocycles.